The molecule has 0 radical (unpaired) electrons. The third kappa shape index (κ3) is 1.13. The molecule has 15 heavy (non-hydrogen) atoms. The number of H-pyrrole nitrogens is 1. The van der Waals surface area contributed by atoms with Gasteiger partial charge in [0.15, 0.2) is 5.65 Å². The Morgan fingerprint density at radius 2 is 2.20 bits per heavy atom. The standard InChI is InChI=1S/C10H9N5/c1-7-8(9-2-4-12-14-9)6-11-10-3-5-13-15(7)10/h2-6H,1H3,(H,12,14). The molecular weight excluding hydrogens is 190 g/mol. The van der Waals surface area contributed by atoms with Crippen molar-refractivity contribution >= 4 is 5.65 Å². The number of fused-ring (bicyclic) bond motifs is 1. The molecule has 0 aliphatic rings. The Bertz CT molecular complexity index is 593. The second-order valence-corrected chi connectivity index (χ2v) is 3.33. The van der Waals surface area contributed by atoms with Crippen LogP contribution in [0.25, 0.3) is 16.9 Å². The molecule has 0 bridgehead atoms. The van der Waals surface area contributed by atoms with Crippen LogP contribution < -0.4 is 0 Å². The summed E-state index contributed by atoms with van der Waals surface area (Å²) in [5.74, 6) is 0. The smallest absolute Gasteiger partial charge is 0.155 e. The molecule has 0 saturated heterocycles. The summed E-state index contributed by atoms with van der Waals surface area (Å²) in [6, 6.07) is 3.79. The van der Waals surface area contributed by atoms with E-state index in [0.717, 1.165) is 22.6 Å². The van der Waals surface area contributed by atoms with E-state index in [1.54, 1.807) is 12.4 Å². The van der Waals surface area contributed by atoms with E-state index in [4.69, 9.17) is 0 Å². The highest BCUT2D eigenvalue weighted by Gasteiger charge is 2.07. The molecule has 0 aliphatic heterocycles. The molecule has 3 aromatic heterocycles. The fourth-order valence-electron chi connectivity index (χ4n) is 1.66. The number of nitrogens with zero attached hydrogens (tertiary/aromatic N) is 4. The van der Waals surface area contributed by atoms with Gasteiger partial charge in [-0.15, -0.1) is 0 Å². The molecule has 0 fully saturated rings. The molecule has 0 atom stereocenters. The number of hydrogen-bond acceptors (Lipinski definition) is 3. The Morgan fingerprint density at radius 3 is 3.00 bits per heavy atom. The maximum absolute atomic E-state index is 4.31. The quantitative estimate of drug-likeness (QED) is 0.645. The minimum atomic E-state index is 0.857. The monoisotopic (exact) mass is 199 g/mol. The third-order valence-corrected chi connectivity index (χ3v) is 2.45. The van der Waals surface area contributed by atoms with E-state index < -0.39 is 0 Å². The van der Waals surface area contributed by atoms with Crippen LogP contribution in [0, 0.1) is 6.92 Å². The first-order valence-electron chi connectivity index (χ1n) is 4.65. The summed E-state index contributed by atoms with van der Waals surface area (Å²) in [6.45, 7) is 2.01. The Kier molecular flexibility index (Phi) is 1.58. The molecule has 0 aliphatic carbocycles. The summed E-state index contributed by atoms with van der Waals surface area (Å²) < 4.78 is 1.82. The molecule has 0 unspecified atom stereocenters. The minimum Gasteiger partial charge on any atom is -0.278 e. The van der Waals surface area contributed by atoms with Gasteiger partial charge in [0.05, 0.1) is 17.6 Å². The van der Waals surface area contributed by atoms with Crippen LogP contribution in [0.1, 0.15) is 5.69 Å². The first-order chi connectivity index (χ1) is 7.36. The van der Waals surface area contributed by atoms with Crippen LogP contribution in [0.15, 0.2) is 30.7 Å². The molecule has 1 N–H and O–H groups in total. The molecule has 3 heterocycles. The van der Waals surface area contributed by atoms with Crippen molar-refractivity contribution in [3.8, 4) is 11.3 Å². The van der Waals surface area contributed by atoms with Gasteiger partial charge in [-0.05, 0) is 13.0 Å². The predicted molar refractivity (Wildman–Crippen MR) is 55.3 cm³/mol. The lowest BCUT2D eigenvalue weighted by atomic mass is 10.2. The van der Waals surface area contributed by atoms with Crippen molar-refractivity contribution < 1.29 is 0 Å². The van der Waals surface area contributed by atoms with E-state index >= 15 is 0 Å². The van der Waals surface area contributed by atoms with E-state index in [9.17, 15) is 0 Å². The van der Waals surface area contributed by atoms with Crippen LogP contribution in [0.5, 0.6) is 0 Å². The van der Waals surface area contributed by atoms with Gasteiger partial charge in [0.2, 0.25) is 0 Å². The van der Waals surface area contributed by atoms with E-state index in [-0.39, 0.29) is 0 Å². The molecule has 0 saturated carbocycles. The second-order valence-electron chi connectivity index (χ2n) is 3.33. The zero-order chi connectivity index (χ0) is 10.3. The number of rotatable bonds is 1. The normalized spacial score (nSPS) is 11.0. The number of hydrogen-bond donors (Lipinski definition) is 1. The molecule has 3 aromatic rings. The van der Waals surface area contributed by atoms with Crippen molar-refractivity contribution in [3.05, 3.63) is 36.4 Å². The van der Waals surface area contributed by atoms with Crippen molar-refractivity contribution in [2.24, 2.45) is 0 Å². The first kappa shape index (κ1) is 8.16. The molecule has 5 heteroatoms. The molecule has 0 spiro atoms. The molecule has 3 rings (SSSR count). The lowest BCUT2D eigenvalue weighted by Crippen LogP contribution is -1.98. The van der Waals surface area contributed by atoms with Crippen LogP contribution in [0.2, 0.25) is 0 Å². The fourth-order valence-corrected chi connectivity index (χ4v) is 1.66. The summed E-state index contributed by atoms with van der Waals surface area (Å²) in [5.41, 5.74) is 3.88. The number of aromatic nitrogens is 5. The van der Waals surface area contributed by atoms with Crippen LogP contribution in [0.4, 0.5) is 0 Å². The minimum absolute atomic E-state index is 0.857. The van der Waals surface area contributed by atoms with Crippen LogP contribution >= 0.6 is 0 Å². The largest absolute Gasteiger partial charge is 0.278 e. The van der Waals surface area contributed by atoms with Crippen molar-refractivity contribution in [1.29, 1.82) is 0 Å². The lowest BCUT2D eigenvalue weighted by molar-refractivity contribution is 0.895. The van der Waals surface area contributed by atoms with Gasteiger partial charge >= 0.3 is 0 Å². The van der Waals surface area contributed by atoms with Gasteiger partial charge < -0.3 is 0 Å². The Morgan fingerprint density at radius 1 is 1.27 bits per heavy atom. The average Bonchev–Trinajstić information content (AvgIpc) is 2.87. The second kappa shape index (κ2) is 2.91. The molecule has 0 aromatic carbocycles. The van der Waals surface area contributed by atoms with Gasteiger partial charge in [-0.1, -0.05) is 0 Å². The summed E-state index contributed by atoms with van der Waals surface area (Å²) in [4.78, 5) is 4.31. The molecule has 5 nitrogen and oxygen atoms in total. The number of aryl methyl sites for hydroxylation is 1. The average molecular weight is 199 g/mol. The highest BCUT2D eigenvalue weighted by molar-refractivity contribution is 5.62. The van der Waals surface area contributed by atoms with Crippen molar-refractivity contribution in [2.45, 2.75) is 6.92 Å². The highest BCUT2D eigenvalue weighted by atomic mass is 15.2. The third-order valence-electron chi connectivity index (χ3n) is 2.45. The van der Waals surface area contributed by atoms with Gasteiger partial charge in [0.1, 0.15) is 0 Å². The van der Waals surface area contributed by atoms with E-state index in [2.05, 4.69) is 20.3 Å². The van der Waals surface area contributed by atoms with Gasteiger partial charge in [-0.3, -0.25) is 5.10 Å². The number of nitrogens with one attached hydrogen (secondary N) is 1. The van der Waals surface area contributed by atoms with Crippen molar-refractivity contribution in [2.75, 3.05) is 0 Å². The zero-order valence-electron chi connectivity index (χ0n) is 8.18. The first-order valence-corrected chi connectivity index (χ1v) is 4.65. The Hall–Kier alpha value is -2.17. The molecule has 0 amide bonds. The molecular formula is C10H9N5. The highest BCUT2D eigenvalue weighted by Crippen LogP contribution is 2.19. The summed E-state index contributed by atoms with van der Waals surface area (Å²) in [5, 5.41) is 11.1. The van der Waals surface area contributed by atoms with Gasteiger partial charge in [0.25, 0.3) is 0 Å². The Balaban J connectivity index is 2.32. The van der Waals surface area contributed by atoms with Crippen LogP contribution in [-0.2, 0) is 0 Å². The van der Waals surface area contributed by atoms with Crippen molar-refractivity contribution in [3.63, 3.8) is 0 Å². The summed E-state index contributed by atoms with van der Waals surface area (Å²) in [7, 11) is 0. The lowest BCUT2D eigenvalue weighted by Gasteiger charge is -2.04. The van der Waals surface area contributed by atoms with E-state index in [1.807, 2.05) is 29.8 Å². The van der Waals surface area contributed by atoms with Gasteiger partial charge in [0, 0.05) is 24.0 Å². The SMILES string of the molecule is Cc1c(-c2ccn[nH]2)cnc2ccnn12. The maximum Gasteiger partial charge on any atom is 0.155 e. The maximum atomic E-state index is 4.31. The van der Waals surface area contributed by atoms with Gasteiger partial charge in [-0.25, -0.2) is 9.50 Å². The topological polar surface area (TPSA) is 58.9 Å². The summed E-state index contributed by atoms with van der Waals surface area (Å²) >= 11 is 0. The molecule has 74 valence electrons. The van der Waals surface area contributed by atoms with Crippen LogP contribution in [0.3, 0.4) is 0 Å². The zero-order valence-corrected chi connectivity index (χ0v) is 8.18. The number of aromatic amines is 1. The predicted octanol–water partition coefficient (Wildman–Crippen LogP) is 1.43. The fraction of sp³-hybridized carbons (Fsp3) is 0.100. The van der Waals surface area contributed by atoms with E-state index in [1.165, 1.54) is 0 Å². The van der Waals surface area contributed by atoms with Gasteiger partial charge in [-0.2, -0.15) is 10.2 Å². The Labute approximate surface area is 85.8 Å². The van der Waals surface area contributed by atoms with E-state index in [0.29, 0.717) is 0 Å². The van der Waals surface area contributed by atoms with Crippen LogP contribution in [-0.4, -0.2) is 24.8 Å². The summed E-state index contributed by atoms with van der Waals surface area (Å²) in [6.07, 6.45) is 5.30. The van der Waals surface area contributed by atoms with Crippen molar-refractivity contribution in [1.82, 2.24) is 24.8 Å².